The van der Waals surface area contributed by atoms with Gasteiger partial charge in [0.1, 0.15) is 5.75 Å². The van der Waals surface area contributed by atoms with Crippen LogP contribution in [0.2, 0.25) is 0 Å². The lowest BCUT2D eigenvalue weighted by atomic mass is 10.2. The molecule has 0 bridgehead atoms. The lowest BCUT2D eigenvalue weighted by Gasteiger charge is -2.12. The van der Waals surface area contributed by atoms with Gasteiger partial charge in [0.25, 0.3) is 0 Å². The molecule has 3 aromatic rings. The number of hydrogen-bond donors (Lipinski definition) is 1. The second kappa shape index (κ2) is 7.70. The number of nitrogens with zero attached hydrogens (tertiary/aromatic N) is 4. The van der Waals surface area contributed by atoms with Crippen LogP contribution in [0.4, 0.5) is 0 Å². The van der Waals surface area contributed by atoms with Gasteiger partial charge in [-0.15, -0.1) is 0 Å². The summed E-state index contributed by atoms with van der Waals surface area (Å²) in [5, 5.41) is 15.1. The van der Waals surface area contributed by atoms with Gasteiger partial charge in [-0.1, -0.05) is 42.4 Å². The van der Waals surface area contributed by atoms with E-state index in [0.717, 1.165) is 24.2 Å². The fourth-order valence-electron chi connectivity index (χ4n) is 2.23. The van der Waals surface area contributed by atoms with E-state index in [4.69, 9.17) is 4.74 Å². The number of ether oxygens (including phenoxy) is 1. The lowest BCUT2D eigenvalue weighted by molar-refractivity contribution is 0.426. The summed E-state index contributed by atoms with van der Waals surface area (Å²) in [6, 6.07) is 18.4. The van der Waals surface area contributed by atoms with Gasteiger partial charge >= 0.3 is 6.01 Å². The van der Waals surface area contributed by atoms with Crippen LogP contribution >= 0.6 is 0 Å². The van der Waals surface area contributed by atoms with Gasteiger partial charge in [0.15, 0.2) is 0 Å². The van der Waals surface area contributed by atoms with Gasteiger partial charge in [0, 0.05) is 12.6 Å². The Balaban J connectivity index is 1.74. The molecule has 0 amide bonds. The van der Waals surface area contributed by atoms with Crippen molar-refractivity contribution in [3.05, 3.63) is 60.2 Å². The van der Waals surface area contributed by atoms with E-state index in [9.17, 15) is 0 Å². The van der Waals surface area contributed by atoms with Crippen molar-refractivity contribution in [2.75, 3.05) is 0 Å². The van der Waals surface area contributed by atoms with Crippen LogP contribution in [0.1, 0.15) is 25.8 Å². The zero-order valence-electron chi connectivity index (χ0n) is 13.9. The maximum atomic E-state index is 5.88. The summed E-state index contributed by atoms with van der Waals surface area (Å²) in [6.45, 7) is 5.14. The Morgan fingerprint density at radius 1 is 1.12 bits per heavy atom. The summed E-state index contributed by atoms with van der Waals surface area (Å²) in [6.07, 6.45) is 1.10. The van der Waals surface area contributed by atoms with Crippen LogP contribution in [0.15, 0.2) is 54.6 Å². The van der Waals surface area contributed by atoms with Crippen molar-refractivity contribution in [2.45, 2.75) is 32.9 Å². The van der Waals surface area contributed by atoms with E-state index >= 15 is 0 Å². The van der Waals surface area contributed by atoms with Crippen molar-refractivity contribution in [1.29, 1.82) is 0 Å². The van der Waals surface area contributed by atoms with Crippen molar-refractivity contribution in [1.82, 2.24) is 25.5 Å². The van der Waals surface area contributed by atoms with E-state index in [1.807, 2.05) is 48.5 Å². The number of rotatable bonds is 7. The maximum absolute atomic E-state index is 5.88. The van der Waals surface area contributed by atoms with E-state index in [1.165, 1.54) is 0 Å². The van der Waals surface area contributed by atoms with Crippen LogP contribution in [0.3, 0.4) is 0 Å². The Bertz CT molecular complexity index is 772. The zero-order valence-corrected chi connectivity index (χ0v) is 13.9. The van der Waals surface area contributed by atoms with E-state index in [1.54, 1.807) is 4.68 Å². The first-order valence-electron chi connectivity index (χ1n) is 8.10. The molecule has 0 fully saturated rings. The van der Waals surface area contributed by atoms with Gasteiger partial charge in [-0.2, -0.15) is 4.68 Å². The van der Waals surface area contributed by atoms with Crippen LogP contribution in [-0.4, -0.2) is 26.2 Å². The quantitative estimate of drug-likeness (QED) is 0.722. The van der Waals surface area contributed by atoms with Gasteiger partial charge < -0.3 is 10.1 Å². The Morgan fingerprint density at radius 3 is 2.75 bits per heavy atom. The van der Waals surface area contributed by atoms with Crippen molar-refractivity contribution in [2.24, 2.45) is 0 Å². The van der Waals surface area contributed by atoms with Crippen molar-refractivity contribution in [3.63, 3.8) is 0 Å². The van der Waals surface area contributed by atoms with Crippen LogP contribution in [-0.2, 0) is 6.54 Å². The summed E-state index contributed by atoms with van der Waals surface area (Å²) < 4.78 is 7.45. The molecule has 1 heterocycles. The normalized spacial score (nSPS) is 12.1. The molecular formula is C18H21N5O. The highest BCUT2D eigenvalue weighted by Gasteiger charge is 2.10. The third kappa shape index (κ3) is 3.97. The minimum atomic E-state index is 0.341. The maximum Gasteiger partial charge on any atom is 0.345 e. The number of aromatic nitrogens is 4. The Labute approximate surface area is 141 Å². The highest BCUT2D eigenvalue weighted by Crippen LogP contribution is 2.22. The molecule has 0 saturated carbocycles. The summed E-state index contributed by atoms with van der Waals surface area (Å²) in [5.41, 5.74) is 2.01. The van der Waals surface area contributed by atoms with Gasteiger partial charge in [0.05, 0.1) is 5.69 Å². The molecule has 0 unspecified atom stereocenters. The predicted octanol–water partition coefficient (Wildman–Crippen LogP) is 3.34. The van der Waals surface area contributed by atoms with Crippen LogP contribution in [0.25, 0.3) is 5.69 Å². The number of para-hydroxylation sites is 1. The van der Waals surface area contributed by atoms with Crippen LogP contribution in [0.5, 0.6) is 11.8 Å². The van der Waals surface area contributed by atoms with Gasteiger partial charge in [-0.05, 0) is 53.6 Å². The van der Waals surface area contributed by atoms with E-state index in [-0.39, 0.29) is 0 Å². The van der Waals surface area contributed by atoms with Crippen LogP contribution < -0.4 is 10.1 Å². The average Bonchev–Trinajstić information content (AvgIpc) is 3.09. The van der Waals surface area contributed by atoms with E-state index in [0.29, 0.717) is 17.8 Å². The third-order valence-electron chi connectivity index (χ3n) is 3.82. The number of nitrogens with one attached hydrogen (secondary N) is 1. The van der Waals surface area contributed by atoms with Crippen molar-refractivity contribution < 1.29 is 4.74 Å². The first kappa shape index (κ1) is 16.1. The van der Waals surface area contributed by atoms with E-state index < -0.39 is 0 Å². The lowest BCUT2D eigenvalue weighted by Crippen LogP contribution is -2.24. The molecule has 1 aromatic heterocycles. The second-order valence-corrected chi connectivity index (χ2v) is 5.65. The second-order valence-electron chi connectivity index (χ2n) is 5.65. The summed E-state index contributed by atoms with van der Waals surface area (Å²) in [5.74, 6) is 0.713. The molecule has 6 heteroatoms. The minimum absolute atomic E-state index is 0.341. The topological polar surface area (TPSA) is 64.9 Å². The Morgan fingerprint density at radius 2 is 1.96 bits per heavy atom. The minimum Gasteiger partial charge on any atom is -0.423 e. The molecular weight excluding hydrogens is 302 g/mol. The molecule has 6 nitrogen and oxygen atoms in total. The highest BCUT2D eigenvalue weighted by molar-refractivity contribution is 5.34. The monoisotopic (exact) mass is 323 g/mol. The largest absolute Gasteiger partial charge is 0.423 e. The fraction of sp³-hybridized carbons (Fsp3) is 0.278. The summed E-state index contributed by atoms with van der Waals surface area (Å²) in [7, 11) is 0. The van der Waals surface area contributed by atoms with Crippen LogP contribution in [0, 0.1) is 0 Å². The van der Waals surface area contributed by atoms with Crippen molar-refractivity contribution in [3.8, 4) is 17.4 Å². The van der Waals surface area contributed by atoms with Gasteiger partial charge in [-0.3, -0.25) is 0 Å². The molecule has 3 rings (SSSR count). The first-order valence-corrected chi connectivity index (χ1v) is 8.10. The standard InChI is InChI=1S/C18H21N5O/c1-3-14(2)19-13-15-8-7-11-17(12-15)24-18-20-21-22-23(18)16-9-5-4-6-10-16/h4-12,14,19H,3,13H2,1-2H3/t14-/m0/s1. The number of hydrogen-bond acceptors (Lipinski definition) is 5. The van der Waals surface area contributed by atoms with E-state index in [2.05, 4.69) is 40.8 Å². The molecule has 0 aliphatic rings. The molecule has 24 heavy (non-hydrogen) atoms. The summed E-state index contributed by atoms with van der Waals surface area (Å²) in [4.78, 5) is 0. The average molecular weight is 323 g/mol. The summed E-state index contributed by atoms with van der Waals surface area (Å²) >= 11 is 0. The Kier molecular flexibility index (Phi) is 5.18. The fourth-order valence-corrected chi connectivity index (χ4v) is 2.23. The molecule has 0 aliphatic carbocycles. The predicted molar refractivity (Wildman–Crippen MR) is 92.3 cm³/mol. The van der Waals surface area contributed by atoms with Crippen molar-refractivity contribution >= 4 is 0 Å². The highest BCUT2D eigenvalue weighted by atomic mass is 16.5. The number of tetrazole rings is 1. The SMILES string of the molecule is CC[C@H](C)NCc1cccc(Oc2nnnn2-c2ccccc2)c1. The third-order valence-corrected chi connectivity index (χ3v) is 3.82. The zero-order chi connectivity index (χ0) is 16.8. The molecule has 0 saturated heterocycles. The Hall–Kier alpha value is -2.73. The molecule has 0 spiro atoms. The smallest absolute Gasteiger partial charge is 0.345 e. The number of benzene rings is 2. The molecule has 1 atom stereocenters. The van der Waals surface area contributed by atoms with Gasteiger partial charge in [-0.25, -0.2) is 0 Å². The van der Waals surface area contributed by atoms with Gasteiger partial charge in [0.2, 0.25) is 0 Å². The molecule has 1 N–H and O–H groups in total. The molecule has 124 valence electrons. The molecule has 2 aromatic carbocycles. The molecule has 0 aliphatic heterocycles. The first-order chi connectivity index (χ1) is 11.8. The molecule has 0 radical (unpaired) electrons.